The molecule has 2 heterocycles. The van der Waals surface area contributed by atoms with Crippen molar-refractivity contribution in [1.82, 2.24) is 0 Å². The summed E-state index contributed by atoms with van der Waals surface area (Å²) in [4.78, 5) is 59.9. The second-order valence-corrected chi connectivity index (χ2v) is 13.7. The molecule has 0 aromatic heterocycles. The van der Waals surface area contributed by atoms with E-state index in [-0.39, 0.29) is 49.2 Å². The molecule has 2 unspecified atom stereocenters. The lowest BCUT2D eigenvalue weighted by Crippen LogP contribution is -2.43. The van der Waals surface area contributed by atoms with Gasteiger partial charge in [0.1, 0.15) is 18.3 Å². The van der Waals surface area contributed by atoms with Gasteiger partial charge in [0.15, 0.2) is 11.6 Å². The van der Waals surface area contributed by atoms with Gasteiger partial charge in [0, 0.05) is 13.3 Å². The fraction of sp³-hybridized carbons (Fsp3) is 0.553. The van der Waals surface area contributed by atoms with Crippen molar-refractivity contribution >= 4 is 29.5 Å². The van der Waals surface area contributed by atoms with Crippen LogP contribution in [0.2, 0.25) is 0 Å². The maximum atomic E-state index is 12.6. The van der Waals surface area contributed by atoms with Crippen molar-refractivity contribution in [2.24, 2.45) is 10.8 Å². The van der Waals surface area contributed by atoms with E-state index in [4.69, 9.17) is 14.2 Å². The number of cyclic esters (lactones) is 2. The highest BCUT2D eigenvalue weighted by atomic mass is 16.6. The number of hydrogen-bond donors (Lipinski definition) is 1. The molecule has 256 valence electrons. The third kappa shape index (κ3) is 10.1. The van der Waals surface area contributed by atoms with Gasteiger partial charge in [-0.3, -0.25) is 24.0 Å². The Hall–Kier alpha value is -3.85. The molecule has 47 heavy (non-hydrogen) atoms. The first kappa shape index (κ1) is 37.6. The van der Waals surface area contributed by atoms with Crippen molar-refractivity contribution in [3.63, 3.8) is 0 Å². The Bertz CT molecular complexity index is 1420. The summed E-state index contributed by atoms with van der Waals surface area (Å²) < 4.78 is 16.1. The summed E-state index contributed by atoms with van der Waals surface area (Å²) in [5.74, 6) is -1.42. The van der Waals surface area contributed by atoms with E-state index in [2.05, 4.69) is 39.8 Å². The van der Waals surface area contributed by atoms with Crippen LogP contribution >= 0.6 is 0 Å². The molecule has 6 atom stereocenters. The quantitative estimate of drug-likeness (QED) is 0.173. The Balaban J connectivity index is 0.000000257. The molecule has 2 aliphatic carbocycles. The van der Waals surface area contributed by atoms with Crippen LogP contribution in [0.4, 0.5) is 0 Å². The third-order valence-corrected chi connectivity index (χ3v) is 8.95. The molecule has 0 saturated carbocycles. The number of rotatable bonds is 9. The van der Waals surface area contributed by atoms with Gasteiger partial charge < -0.3 is 19.3 Å². The van der Waals surface area contributed by atoms with Gasteiger partial charge in [-0.25, -0.2) is 0 Å². The monoisotopic (exact) mass is 650 g/mol. The summed E-state index contributed by atoms with van der Waals surface area (Å²) >= 11 is 0. The molecule has 2 fully saturated rings. The molecule has 1 N–H and O–H groups in total. The Morgan fingerprint density at radius 3 is 1.66 bits per heavy atom. The number of carbonyl (C=O) groups is 5. The second kappa shape index (κ2) is 16.3. The number of aliphatic hydroxyl groups is 1. The lowest BCUT2D eigenvalue weighted by Gasteiger charge is -2.34. The highest BCUT2D eigenvalue weighted by molar-refractivity contribution is 6.01. The fourth-order valence-electron chi connectivity index (χ4n) is 6.48. The Morgan fingerprint density at radius 1 is 0.766 bits per heavy atom. The van der Waals surface area contributed by atoms with Crippen LogP contribution in [0.15, 0.2) is 70.9 Å². The summed E-state index contributed by atoms with van der Waals surface area (Å²) in [5.41, 5.74) is 2.80. The smallest absolute Gasteiger partial charge is 0.307 e. The predicted molar refractivity (Wildman–Crippen MR) is 178 cm³/mol. The molecular weight excluding hydrogens is 600 g/mol. The maximum Gasteiger partial charge on any atom is 0.307 e. The standard InChI is InChI=1S/C20H26O5.C18H24O4/c1-13(2)6-5-7-14(3)10-18-20(12-19(23)25-18)11-16(24-15(4)21)8-9-17(20)22;1-12(2)5-4-6-13(3)9-16-18(11-17(21)22-16)10-14(19)7-8-15(18)20/h6,8-10,16,18H,5,7,11-12H2,1-4H3;5,7-9,14,16,19H,4,6,10-11H2,1-3H3/b14-10+;13-9+/t16-,18-,20?;14-,16-,18?/m11/s1. The summed E-state index contributed by atoms with van der Waals surface area (Å²) in [5, 5.41) is 9.86. The van der Waals surface area contributed by atoms with Crippen LogP contribution in [-0.4, -0.2) is 59.0 Å². The molecule has 4 aliphatic rings. The number of hydrogen-bond acceptors (Lipinski definition) is 9. The van der Waals surface area contributed by atoms with Crippen LogP contribution in [0.1, 0.15) is 99.8 Å². The van der Waals surface area contributed by atoms with Gasteiger partial charge in [0.05, 0.1) is 29.8 Å². The lowest BCUT2D eigenvalue weighted by molar-refractivity contribution is -0.148. The van der Waals surface area contributed by atoms with Crippen molar-refractivity contribution in [1.29, 1.82) is 0 Å². The number of ether oxygens (including phenoxy) is 3. The Kier molecular flexibility index (Phi) is 13.1. The van der Waals surface area contributed by atoms with Gasteiger partial charge in [0.25, 0.3) is 0 Å². The summed E-state index contributed by atoms with van der Waals surface area (Å²) in [7, 11) is 0. The lowest BCUT2D eigenvalue weighted by atomic mass is 9.69. The first-order chi connectivity index (χ1) is 22.1. The Morgan fingerprint density at radius 2 is 1.21 bits per heavy atom. The van der Waals surface area contributed by atoms with E-state index in [0.29, 0.717) is 0 Å². The average Bonchev–Trinajstić information content (AvgIpc) is 3.43. The number of carbonyl (C=O) groups excluding carboxylic acids is 5. The van der Waals surface area contributed by atoms with E-state index >= 15 is 0 Å². The molecule has 2 spiro atoms. The van der Waals surface area contributed by atoms with Crippen LogP contribution in [0.5, 0.6) is 0 Å². The van der Waals surface area contributed by atoms with Crippen LogP contribution in [-0.2, 0) is 38.2 Å². The van der Waals surface area contributed by atoms with E-state index in [1.807, 2.05) is 26.0 Å². The number of esters is 3. The zero-order valence-corrected chi connectivity index (χ0v) is 28.8. The maximum absolute atomic E-state index is 12.6. The van der Waals surface area contributed by atoms with E-state index in [1.165, 1.54) is 36.3 Å². The number of allylic oxidation sites excluding steroid dienone is 8. The first-order valence-electron chi connectivity index (χ1n) is 16.4. The van der Waals surface area contributed by atoms with E-state index in [0.717, 1.165) is 36.8 Å². The van der Waals surface area contributed by atoms with Gasteiger partial charge in [-0.15, -0.1) is 0 Å². The van der Waals surface area contributed by atoms with Crippen molar-refractivity contribution in [2.45, 2.75) is 124 Å². The van der Waals surface area contributed by atoms with Gasteiger partial charge in [-0.2, -0.15) is 0 Å². The van der Waals surface area contributed by atoms with Crippen molar-refractivity contribution in [3.05, 3.63) is 70.9 Å². The molecule has 2 saturated heterocycles. The SMILES string of the molecule is CC(=O)O[C@@H]1C=CC(=O)C2(CC(=O)O[C@@H]2/C=C(\C)CCC=C(C)C)C1.CC(C)=CCC/C(C)=C/[C@H]1OC(=O)CC12C[C@H](O)C=CC2=O. The van der Waals surface area contributed by atoms with Gasteiger partial charge in [0.2, 0.25) is 0 Å². The topological polar surface area (TPSA) is 133 Å². The summed E-state index contributed by atoms with van der Waals surface area (Å²) in [6.07, 6.45) is 15.7. The van der Waals surface area contributed by atoms with E-state index in [1.54, 1.807) is 6.08 Å². The van der Waals surface area contributed by atoms with Crippen molar-refractivity contribution in [2.75, 3.05) is 0 Å². The molecule has 0 amide bonds. The highest BCUT2D eigenvalue weighted by Gasteiger charge is 2.56. The minimum Gasteiger partial charge on any atom is -0.458 e. The first-order valence-corrected chi connectivity index (χ1v) is 16.4. The number of aliphatic hydroxyl groups excluding tert-OH is 1. The molecular formula is C38H50O9. The van der Waals surface area contributed by atoms with Gasteiger partial charge in [-0.1, -0.05) is 40.5 Å². The second-order valence-electron chi connectivity index (χ2n) is 13.7. The largest absolute Gasteiger partial charge is 0.458 e. The highest BCUT2D eigenvalue weighted by Crippen LogP contribution is 2.46. The normalized spacial score (nSPS) is 30.1. The zero-order valence-electron chi connectivity index (χ0n) is 28.8. The molecule has 4 rings (SSSR count). The van der Waals surface area contributed by atoms with Crippen LogP contribution in [0.3, 0.4) is 0 Å². The summed E-state index contributed by atoms with van der Waals surface area (Å²) in [6.45, 7) is 13.5. The molecule has 9 nitrogen and oxygen atoms in total. The molecule has 2 aliphatic heterocycles. The zero-order chi connectivity index (χ0) is 34.9. The van der Waals surface area contributed by atoms with Gasteiger partial charge in [-0.05, 0) is 104 Å². The molecule has 0 radical (unpaired) electrons. The minimum atomic E-state index is -0.969. The van der Waals surface area contributed by atoms with Crippen LogP contribution in [0.25, 0.3) is 0 Å². The summed E-state index contributed by atoms with van der Waals surface area (Å²) in [6, 6.07) is 0. The Labute approximate surface area is 278 Å². The van der Waals surface area contributed by atoms with E-state index in [9.17, 15) is 29.1 Å². The molecule has 0 aromatic rings. The van der Waals surface area contributed by atoms with Crippen molar-refractivity contribution < 1.29 is 43.3 Å². The van der Waals surface area contributed by atoms with Crippen LogP contribution < -0.4 is 0 Å². The average molecular weight is 651 g/mol. The molecule has 0 aromatic carbocycles. The molecule has 0 bridgehead atoms. The fourth-order valence-corrected chi connectivity index (χ4v) is 6.48. The van der Waals surface area contributed by atoms with E-state index < -0.39 is 41.2 Å². The molecule has 9 heteroatoms. The predicted octanol–water partition coefficient (Wildman–Crippen LogP) is 6.31. The van der Waals surface area contributed by atoms with Crippen LogP contribution in [0, 0.1) is 10.8 Å². The van der Waals surface area contributed by atoms with Crippen molar-refractivity contribution in [3.8, 4) is 0 Å². The number of ketones is 2. The minimum absolute atomic E-state index is 0.0242. The third-order valence-electron chi connectivity index (χ3n) is 8.95. The van der Waals surface area contributed by atoms with Gasteiger partial charge >= 0.3 is 17.9 Å².